The summed E-state index contributed by atoms with van der Waals surface area (Å²) in [7, 11) is 0. The van der Waals surface area contributed by atoms with Crippen LogP contribution in [0.1, 0.15) is 49.0 Å². The van der Waals surface area contributed by atoms with Crippen LogP contribution in [0.15, 0.2) is 30.3 Å². The Morgan fingerprint density at radius 2 is 1.84 bits per heavy atom. The topological polar surface area (TPSA) is 87.7 Å². The lowest BCUT2D eigenvalue weighted by Gasteiger charge is -2.26. The summed E-state index contributed by atoms with van der Waals surface area (Å²) in [5, 5.41) is 2.79. The van der Waals surface area contributed by atoms with Crippen molar-refractivity contribution >= 4 is 40.5 Å². The van der Waals surface area contributed by atoms with Gasteiger partial charge in [-0.05, 0) is 63.9 Å². The number of carbonyl (C=O) groups is 2. The average Bonchev–Trinajstić information content (AvgIpc) is 3.50. The van der Waals surface area contributed by atoms with E-state index >= 15 is 0 Å². The first-order valence-corrected chi connectivity index (χ1v) is 12.9. The molecule has 2 aliphatic rings. The number of nitrogens with one attached hydrogen (secondary N) is 1. The molecule has 1 saturated heterocycles. The van der Waals surface area contributed by atoms with Crippen molar-refractivity contribution < 1.29 is 23.1 Å². The van der Waals surface area contributed by atoms with Crippen molar-refractivity contribution in [3.63, 3.8) is 0 Å². The zero-order valence-electron chi connectivity index (χ0n) is 20.8. The second-order valence-electron chi connectivity index (χ2n) is 9.99. The number of anilines is 3. The third-order valence-corrected chi connectivity index (χ3v) is 7.22. The summed E-state index contributed by atoms with van der Waals surface area (Å²) in [5.74, 6) is -0.979. The number of ether oxygens (including phenoxy) is 1. The fourth-order valence-electron chi connectivity index (χ4n) is 4.39. The van der Waals surface area contributed by atoms with Crippen molar-refractivity contribution in [1.29, 1.82) is 0 Å². The molecule has 4 heterocycles. The van der Waals surface area contributed by atoms with E-state index in [1.54, 1.807) is 32.9 Å². The molecule has 1 fully saturated rings. The molecule has 0 saturated carbocycles. The highest BCUT2D eigenvalue weighted by Gasteiger charge is 2.31. The molecule has 5 rings (SSSR count). The third-order valence-electron chi connectivity index (χ3n) is 6.10. The molecule has 0 radical (unpaired) electrons. The number of pyridine rings is 1. The summed E-state index contributed by atoms with van der Waals surface area (Å²) in [4.78, 5) is 38.1. The SMILES string of the molecule is CC(C)(C)OC(=O)Nc1cc(N2CCc3nc(-c4ccc(N5CCCC5)nc4F)sc3C2=O)ccc1F. The second-order valence-corrected chi connectivity index (χ2v) is 11.0. The first-order valence-electron chi connectivity index (χ1n) is 12.1. The van der Waals surface area contributed by atoms with Gasteiger partial charge in [0.2, 0.25) is 5.95 Å². The first-order chi connectivity index (χ1) is 17.6. The van der Waals surface area contributed by atoms with Gasteiger partial charge >= 0.3 is 6.09 Å². The van der Waals surface area contributed by atoms with Crippen molar-refractivity contribution in [2.24, 2.45) is 0 Å². The van der Waals surface area contributed by atoms with E-state index in [0.717, 1.165) is 37.3 Å². The van der Waals surface area contributed by atoms with Gasteiger partial charge in [-0.15, -0.1) is 11.3 Å². The molecule has 2 aliphatic heterocycles. The quantitative estimate of drug-likeness (QED) is 0.443. The van der Waals surface area contributed by atoms with Crippen LogP contribution in [-0.2, 0) is 11.2 Å². The number of fused-ring (bicyclic) bond motifs is 1. The number of thiazole rings is 1. The Bertz CT molecular complexity index is 1360. The van der Waals surface area contributed by atoms with Crippen molar-refractivity contribution in [2.45, 2.75) is 45.6 Å². The van der Waals surface area contributed by atoms with Crippen LogP contribution in [-0.4, -0.2) is 47.2 Å². The molecule has 0 aliphatic carbocycles. The van der Waals surface area contributed by atoms with E-state index in [9.17, 15) is 18.4 Å². The number of carbonyl (C=O) groups excluding carboxylic acids is 2. The van der Waals surface area contributed by atoms with Crippen molar-refractivity contribution in [1.82, 2.24) is 9.97 Å². The smallest absolute Gasteiger partial charge is 0.412 e. The Hall–Kier alpha value is -3.60. The summed E-state index contributed by atoms with van der Waals surface area (Å²) in [6, 6.07) is 7.50. The molecule has 0 spiro atoms. The highest BCUT2D eigenvalue weighted by atomic mass is 32.1. The first kappa shape index (κ1) is 25.1. The van der Waals surface area contributed by atoms with Gasteiger partial charge in [-0.2, -0.15) is 4.39 Å². The van der Waals surface area contributed by atoms with E-state index in [-0.39, 0.29) is 17.2 Å². The highest BCUT2D eigenvalue weighted by Crippen LogP contribution is 2.35. The van der Waals surface area contributed by atoms with Gasteiger partial charge in [0.15, 0.2) is 0 Å². The normalized spacial score (nSPS) is 15.6. The molecular formula is C26H27F2N5O3S. The lowest BCUT2D eigenvalue weighted by Crippen LogP contribution is -2.37. The summed E-state index contributed by atoms with van der Waals surface area (Å²) >= 11 is 1.11. The Balaban J connectivity index is 1.37. The van der Waals surface area contributed by atoms with Gasteiger partial charge in [0.05, 0.1) is 16.9 Å². The Kier molecular flexibility index (Phi) is 6.57. The molecule has 2 amide bonds. The maximum atomic E-state index is 14.9. The van der Waals surface area contributed by atoms with Crippen LogP contribution in [0.2, 0.25) is 0 Å². The maximum Gasteiger partial charge on any atom is 0.412 e. The Morgan fingerprint density at radius 3 is 2.54 bits per heavy atom. The molecule has 0 unspecified atom stereocenters. The molecule has 0 bridgehead atoms. The Morgan fingerprint density at radius 1 is 1.08 bits per heavy atom. The lowest BCUT2D eigenvalue weighted by atomic mass is 10.1. The monoisotopic (exact) mass is 527 g/mol. The number of halogens is 2. The molecule has 37 heavy (non-hydrogen) atoms. The summed E-state index contributed by atoms with van der Waals surface area (Å²) < 4.78 is 34.5. The van der Waals surface area contributed by atoms with Gasteiger partial charge in [0, 0.05) is 31.7 Å². The summed E-state index contributed by atoms with van der Waals surface area (Å²) in [6.45, 7) is 7.14. The van der Waals surface area contributed by atoms with E-state index in [1.165, 1.54) is 23.1 Å². The highest BCUT2D eigenvalue weighted by molar-refractivity contribution is 7.17. The van der Waals surface area contributed by atoms with Crippen molar-refractivity contribution in [3.8, 4) is 10.6 Å². The molecule has 2 aromatic heterocycles. The predicted molar refractivity (Wildman–Crippen MR) is 138 cm³/mol. The van der Waals surface area contributed by atoms with Crippen LogP contribution in [0, 0.1) is 11.8 Å². The fraction of sp³-hybridized carbons (Fsp3) is 0.385. The van der Waals surface area contributed by atoms with E-state index in [2.05, 4.69) is 20.2 Å². The van der Waals surface area contributed by atoms with Crippen LogP contribution in [0.4, 0.5) is 30.8 Å². The molecule has 3 aromatic rings. The molecule has 194 valence electrons. The number of aromatic nitrogens is 2. The lowest BCUT2D eigenvalue weighted by molar-refractivity contribution is 0.0635. The Labute approximate surface area is 217 Å². The van der Waals surface area contributed by atoms with Gasteiger partial charge in [-0.25, -0.2) is 19.2 Å². The number of benzene rings is 1. The van der Waals surface area contributed by atoms with Crippen LogP contribution in [0.5, 0.6) is 0 Å². The van der Waals surface area contributed by atoms with E-state index < -0.39 is 23.5 Å². The van der Waals surface area contributed by atoms with Gasteiger partial charge in [0.25, 0.3) is 5.91 Å². The van der Waals surface area contributed by atoms with Crippen LogP contribution >= 0.6 is 11.3 Å². The molecular weight excluding hydrogens is 500 g/mol. The average molecular weight is 528 g/mol. The largest absolute Gasteiger partial charge is 0.444 e. The van der Waals surface area contributed by atoms with Gasteiger partial charge in [-0.1, -0.05) is 0 Å². The van der Waals surface area contributed by atoms with Crippen molar-refractivity contribution in [3.05, 3.63) is 52.7 Å². The van der Waals surface area contributed by atoms with E-state index in [0.29, 0.717) is 40.0 Å². The zero-order chi connectivity index (χ0) is 26.3. The molecule has 0 atom stereocenters. The fourth-order valence-corrected chi connectivity index (χ4v) is 5.46. The summed E-state index contributed by atoms with van der Waals surface area (Å²) in [5.41, 5.74) is 0.429. The standard InChI is InChI=1S/C26H27F2N5O3S/c1-26(2,3)36-25(35)30-19-14-15(6-8-17(19)27)33-13-10-18-21(24(33)34)37-23(29-18)16-7-9-20(31-22(16)28)32-11-4-5-12-32/h6-9,14H,4-5,10-13H2,1-3H3,(H,30,35). The minimum atomic E-state index is -0.797. The van der Waals surface area contributed by atoms with Gasteiger partial charge in [0.1, 0.15) is 27.1 Å². The molecule has 1 N–H and O–H groups in total. The predicted octanol–water partition coefficient (Wildman–Crippen LogP) is 5.63. The molecule has 8 nitrogen and oxygen atoms in total. The summed E-state index contributed by atoms with van der Waals surface area (Å²) in [6.07, 6.45) is 1.78. The van der Waals surface area contributed by atoms with Crippen LogP contribution in [0.25, 0.3) is 10.6 Å². The molecule has 1 aromatic carbocycles. The number of hydrogen-bond acceptors (Lipinski definition) is 7. The number of rotatable bonds is 4. The number of nitrogens with zero attached hydrogens (tertiary/aromatic N) is 4. The van der Waals surface area contributed by atoms with E-state index in [4.69, 9.17) is 4.74 Å². The van der Waals surface area contributed by atoms with E-state index in [1.807, 2.05) is 0 Å². The molecule has 11 heteroatoms. The second kappa shape index (κ2) is 9.70. The minimum absolute atomic E-state index is 0.0958. The maximum absolute atomic E-state index is 14.9. The number of amides is 2. The number of hydrogen-bond donors (Lipinski definition) is 1. The van der Waals surface area contributed by atoms with Crippen LogP contribution in [0.3, 0.4) is 0 Å². The van der Waals surface area contributed by atoms with Crippen LogP contribution < -0.4 is 15.1 Å². The zero-order valence-corrected chi connectivity index (χ0v) is 21.6. The van der Waals surface area contributed by atoms with Gasteiger partial charge < -0.3 is 14.5 Å². The third kappa shape index (κ3) is 5.27. The van der Waals surface area contributed by atoms with Crippen molar-refractivity contribution in [2.75, 3.05) is 34.8 Å². The minimum Gasteiger partial charge on any atom is -0.444 e. The van der Waals surface area contributed by atoms with Gasteiger partial charge in [-0.3, -0.25) is 10.1 Å².